The van der Waals surface area contributed by atoms with E-state index in [1.807, 2.05) is 6.92 Å². The molecule has 0 radical (unpaired) electrons. The van der Waals surface area contributed by atoms with E-state index in [1.165, 1.54) is 0 Å². The lowest BCUT2D eigenvalue weighted by atomic mass is 10.0. The van der Waals surface area contributed by atoms with E-state index in [0.717, 1.165) is 17.3 Å². The fourth-order valence-corrected chi connectivity index (χ4v) is 2.02. The number of carbonyl (C=O) groups excluding carboxylic acids is 1. The first-order chi connectivity index (χ1) is 8.62. The van der Waals surface area contributed by atoms with Crippen LogP contribution in [0.2, 0.25) is 0 Å². The summed E-state index contributed by atoms with van der Waals surface area (Å²) < 4.78 is 0.806. The first-order valence-electron chi connectivity index (χ1n) is 5.83. The summed E-state index contributed by atoms with van der Waals surface area (Å²) in [7, 11) is 0. The van der Waals surface area contributed by atoms with Gasteiger partial charge in [-0.2, -0.15) is 5.26 Å². The molecule has 96 valence electrons. The van der Waals surface area contributed by atoms with Crippen LogP contribution in [0.1, 0.15) is 25.3 Å². The van der Waals surface area contributed by atoms with Crippen molar-refractivity contribution in [1.82, 2.24) is 0 Å². The fourth-order valence-electron chi connectivity index (χ4n) is 1.66. The number of nitrogens with zero attached hydrogens (tertiary/aromatic N) is 1. The van der Waals surface area contributed by atoms with Gasteiger partial charge in [-0.1, -0.05) is 29.3 Å². The first kappa shape index (κ1) is 14.7. The highest BCUT2D eigenvalue weighted by molar-refractivity contribution is 9.10. The van der Waals surface area contributed by atoms with Crippen molar-refractivity contribution < 1.29 is 4.79 Å². The zero-order valence-electron chi connectivity index (χ0n) is 10.2. The highest BCUT2D eigenvalue weighted by Gasteiger charge is 2.17. The Kier molecular flexibility index (Phi) is 5.83. The summed E-state index contributed by atoms with van der Waals surface area (Å²) in [6, 6.07) is 7.22. The zero-order valence-corrected chi connectivity index (χ0v) is 11.8. The van der Waals surface area contributed by atoms with E-state index in [-0.39, 0.29) is 11.8 Å². The maximum absolute atomic E-state index is 12.0. The lowest BCUT2D eigenvalue weighted by molar-refractivity contribution is -0.119. The summed E-state index contributed by atoms with van der Waals surface area (Å²) in [5.74, 6) is -0.330. The molecule has 1 atom stereocenters. The Morgan fingerprint density at radius 1 is 1.61 bits per heavy atom. The van der Waals surface area contributed by atoms with Gasteiger partial charge in [-0.05, 0) is 24.6 Å². The van der Waals surface area contributed by atoms with Crippen molar-refractivity contribution in [2.75, 3.05) is 11.9 Å². The molecular weight excluding hydrogens is 294 g/mol. The van der Waals surface area contributed by atoms with E-state index in [2.05, 4.69) is 27.3 Å². The number of hydrogen-bond donors (Lipinski definition) is 2. The van der Waals surface area contributed by atoms with Crippen LogP contribution in [0.3, 0.4) is 0 Å². The standard InChI is InChI=1S/C13H16BrN3O/c1-2-3-9(7-15)13(18)17-12-5-4-11(14)6-10(12)8-16/h4-6,9H,2-3,7,15H2,1H3,(H,17,18). The molecule has 0 aliphatic carbocycles. The van der Waals surface area contributed by atoms with Crippen molar-refractivity contribution in [2.45, 2.75) is 19.8 Å². The topological polar surface area (TPSA) is 78.9 Å². The molecule has 0 heterocycles. The SMILES string of the molecule is CCCC(CN)C(=O)Nc1ccc(Br)cc1C#N. The van der Waals surface area contributed by atoms with Crippen LogP contribution < -0.4 is 11.1 Å². The number of nitrogens with two attached hydrogens (primary N) is 1. The van der Waals surface area contributed by atoms with Crippen molar-refractivity contribution in [3.8, 4) is 6.07 Å². The average Bonchev–Trinajstić information content (AvgIpc) is 2.37. The first-order valence-corrected chi connectivity index (χ1v) is 6.62. The number of benzene rings is 1. The summed E-state index contributed by atoms with van der Waals surface area (Å²) >= 11 is 3.29. The Bertz CT molecular complexity index is 468. The summed E-state index contributed by atoms with van der Waals surface area (Å²) in [4.78, 5) is 12.0. The van der Waals surface area contributed by atoms with Crippen LogP contribution >= 0.6 is 15.9 Å². The highest BCUT2D eigenvalue weighted by atomic mass is 79.9. The van der Waals surface area contributed by atoms with Crippen LogP contribution in [0.4, 0.5) is 5.69 Å². The van der Waals surface area contributed by atoms with Gasteiger partial charge in [0, 0.05) is 11.0 Å². The van der Waals surface area contributed by atoms with E-state index < -0.39 is 0 Å². The molecule has 3 N–H and O–H groups in total. The second-order valence-corrected chi connectivity index (χ2v) is 4.93. The predicted octanol–water partition coefficient (Wildman–Crippen LogP) is 2.63. The largest absolute Gasteiger partial charge is 0.330 e. The van der Waals surface area contributed by atoms with Crippen molar-refractivity contribution in [2.24, 2.45) is 11.7 Å². The molecule has 0 aliphatic heterocycles. The van der Waals surface area contributed by atoms with Crippen LogP contribution in [-0.2, 0) is 4.79 Å². The monoisotopic (exact) mass is 309 g/mol. The highest BCUT2D eigenvalue weighted by Crippen LogP contribution is 2.21. The molecule has 18 heavy (non-hydrogen) atoms. The number of carbonyl (C=O) groups is 1. The molecule has 1 unspecified atom stereocenters. The number of nitrogens with one attached hydrogen (secondary N) is 1. The van der Waals surface area contributed by atoms with Crippen molar-refractivity contribution in [1.29, 1.82) is 5.26 Å². The molecule has 0 fully saturated rings. The van der Waals surface area contributed by atoms with E-state index in [1.54, 1.807) is 18.2 Å². The second-order valence-electron chi connectivity index (χ2n) is 4.01. The number of hydrogen-bond acceptors (Lipinski definition) is 3. The predicted molar refractivity (Wildman–Crippen MR) is 74.9 cm³/mol. The Hall–Kier alpha value is -1.38. The summed E-state index contributed by atoms with van der Waals surface area (Å²) in [5, 5.41) is 11.8. The molecule has 0 saturated carbocycles. The minimum Gasteiger partial charge on any atom is -0.330 e. The number of halogens is 1. The molecule has 0 aromatic heterocycles. The minimum atomic E-state index is -0.204. The smallest absolute Gasteiger partial charge is 0.228 e. The third-order valence-electron chi connectivity index (χ3n) is 2.65. The van der Waals surface area contributed by atoms with E-state index in [9.17, 15) is 4.79 Å². The lowest BCUT2D eigenvalue weighted by Gasteiger charge is -2.14. The van der Waals surface area contributed by atoms with E-state index in [4.69, 9.17) is 11.0 Å². The number of anilines is 1. The summed E-state index contributed by atoms with van der Waals surface area (Å²) in [6.45, 7) is 2.33. The normalized spacial score (nSPS) is 11.7. The maximum atomic E-state index is 12.0. The van der Waals surface area contributed by atoms with Crippen LogP contribution in [0, 0.1) is 17.2 Å². The van der Waals surface area contributed by atoms with Crippen LogP contribution in [0.5, 0.6) is 0 Å². The molecule has 0 saturated heterocycles. The Balaban J connectivity index is 2.84. The van der Waals surface area contributed by atoms with Gasteiger partial charge in [-0.25, -0.2) is 0 Å². The quantitative estimate of drug-likeness (QED) is 0.877. The fraction of sp³-hybridized carbons (Fsp3) is 0.385. The molecule has 0 bridgehead atoms. The molecule has 4 nitrogen and oxygen atoms in total. The summed E-state index contributed by atoms with van der Waals surface area (Å²) in [6.07, 6.45) is 1.65. The van der Waals surface area contributed by atoms with Gasteiger partial charge in [0.2, 0.25) is 5.91 Å². The van der Waals surface area contributed by atoms with Crippen LogP contribution in [-0.4, -0.2) is 12.5 Å². The molecule has 0 aliphatic rings. The van der Waals surface area contributed by atoms with Gasteiger partial charge in [0.15, 0.2) is 0 Å². The molecule has 1 amide bonds. The second kappa shape index (κ2) is 7.14. The van der Waals surface area contributed by atoms with Gasteiger partial charge < -0.3 is 11.1 Å². The van der Waals surface area contributed by atoms with Crippen LogP contribution in [0.15, 0.2) is 22.7 Å². The van der Waals surface area contributed by atoms with Gasteiger partial charge in [0.25, 0.3) is 0 Å². The molecule has 5 heteroatoms. The van der Waals surface area contributed by atoms with Crippen molar-refractivity contribution in [3.63, 3.8) is 0 Å². The number of rotatable bonds is 5. The van der Waals surface area contributed by atoms with E-state index >= 15 is 0 Å². The molecular formula is C13H16BrN3O. The summed E-state index contributed by atoms with van der Waals surface area (Å²) in [5.41, 5.74) is 6.54. The number of amides is 1. The third-order valence-corrected chi connectivity index (χ3v) is 3.15. The average molecular weight is 310 g/mol. The third kappa shape index (κ3) is 3.83. The lowest BCUT2D eigenvalue weighted by Crippen LogP contribution is -2.29. The Morgan fingerprint density at radius 2 is 2.33 bits per heavy atom. The van der Waals surface area contributed by atoms with Gasteiger partial charge in [-0.15, -0.1) is 0 Å². The maximum Gasteiger partial charge on any atom is 0.228 e. The van der Waals surface area contributed by atoms with Crippen molar-refractivity contribution in [3.05, 3.63) is 28.2 Å². The van der Waals surface area contributed by atoms with Crippen LogP contribution in [0.25, 0.3) is 0 Å². The van der Waals surface area contributed by atoms with Crippen molar-refractivity contribution >= 4 is 27.5 Å². The minimum absolute atomic E-state index is 0.127. The van der Waals surface area contributed by atoms with Gasteiger partial charge in [-0.3, -0.25) is 4.79 Å². The zero-order chi connectivity index (χ0) is 13.5. The van der Waals surface area contributed by atoms with E-state index in [0.29, 0.717) is 17.8 Å². The molecule has 1 rings (SSSR count). The van der Waals surface area contributed by atoms with Gasteiger partial charge in [0.1, 0.15) is 6.07 Å². The molecule has 1 aromatic rings. The molecule has 1 aromatic carbocycles. The molecule has 0 spiro atoms. The Morgan fingerprint density at radius 3 is 2.89 bits per heavy atom. The Labute approximate surface area is 115 Å². The van der Waals surface area contributed by atoms with Gasteiger partial charge >= 0.3 is 0 Å². The van der Waals surface area contributed by atoms with Gasteiger partial charge in [0.05, 0.1) is 17.2 Å². The number of nitriles is 1.